The molecule has 1 saturated heterocycles. The maximum absolute atomic E-state index is 13.3. The summed E-state index contributed by atoms with van der Waals surface area (Å²) >= 11 is 0. The summed E-state index contributed by atoms with van der Waals surface area (Å²) in [5.74, 6) is -0.0882. The molecule has 9 nitrogen and oxygen atoms in total. The highest BCUT2D eigenvalue weighted by Crippen LogP contribution is 2.22. The van der Waals surface area contributed by atoms with Crippen molar-refractivity contribution >= 4 is 29.4 Å². The number of hydrogen-bond donors (Lipinski definition) is 3. The second kappa shape index (κ2) is 11.6. The van der Waals surface area contributed by atoms with Crippen molar-refractivity contribution < 1.29 is 9.13 Å². The van der Waals surface area contributed by atoms with Crippen LogP contribution in [0.4, 0.5) is 27.5 Å². The first kappa shape index (κ1) is 23.7. The zero-order valence-electron chi connectivity index (χ0n) is 18.9. The van der Waals surface area contributed by atoms with E-state index < -0.39 is 5.82 Å². The first-order valence-corrected chi connectivity index (χ1v) is 11.0. The minimum Gasteiger partial charge on any atom is -0.378 e. The average molecular weight is 473 g/mol. The average Bonchev–Trinajstić information content (AvgIpc) is 2.92. The summed E-state index contributed by atoms with van der Waals surface area (Å²) < 4.78 is 18.4. The number of pyridine rings is 2. The fourth-order valence-electron chi connectivity index (χ4n) is 3.38. The molecule has 4 aromatic rings. The molecular weight excluding hydrogens is 447 g/mol. The van der Waals surface area contributed by atoms with Gasteiger partial charge in [-0.2, -0.15) is 4.98 Å². The monoisotopic (exact) mass is 472 g/mol. The van der Waals surface area contributed by atoms with E-state index >= 15 is 0 Å². The van der Waals surface area contributed by atoms with Crippen LogP contribution in [-0.2, 0) is 4.74 Å². The molecule has 4 heterocycles. The molecule has 0 bridgehead atoms. The van der Waals surface area contributed by atoms with Crippen molar-refractivity contribution in [3.8, 4) is 11.1 Å². The molecule has 4 N–H and O–H groups in total. The van der Waals surface area contributed by atoms with E-state index in [4.69, 9.17) is 15.9 Å². The van der Waals surface area contributed by atoms with Gasteiger partial charge in [-0.15, -0.1) is 0 Å². The van der Waals surface area contributed by atoms with Gasteiger partial charge in [-0.3, -0.25) is 9.97 Å². The fourth-order valence-corrected chi connectivity index (χ4v) is 3.38. The van der Waals surface area contributed by atoms with Gasteiger partial charge in [-0.25, -0.2) is 9.37 Å². The lowest BCUT2D eigenvalue weighted by Crippen LogP contribution is -2.37. The molecule has 0 saturated carbocycles. The number of halogens is 1. The van der Waals surface area contributed by atoms with Crippen molar-refractivity contribution in [3.63, 3.8) is 0 Å². The first-order chi connectivity index (χ1) is 17.1. The minimum absolute atomic E-state index is 0.0906. The Kier molecular flexibility index (Phi) is 7.87. The van der Waals surface area contributed by atoms with Crippen LogP contribution < -0.4 is 16.0 Å². The van der Waals surface area contributed by atoms with Crippen LogP contribution in [-0.4, -0.2) is 52.5 Å². The third kappa shape index (κ3) is 6.55. The molecule has 10 heteroatoms. The third-order valence-corrected chi connectivity index (χ3v) is 5.16. The molecule has 0 spiro atoms. The topological polar surface area (TPSA) is 126 Å². The second-order valence-corrected chi connectivity index (χ2v) is 7.56. The van der Waals surface area contributed by atoms with Gasteiger partial charge in [0.2, 0.25) is 5.95 Å². The summed E-state index contributed by atoms with van der Waals surface area (Å²) in [4.78, 5) is 17.5. The van der Waals surface area contributed by atoms with E-state index in [0.29, 0.717) is 32.0 Å². The molecule has 178 valence electrons. The molecule has 1 aliphatic heterocycles. The number of nitrogen functional groups attached to an aromatic ring is 1. The van der Waals surface area contributed by atoms with Crippen LogP contribution >= 0.6 is 0 Å². The number of aromatic nitrogens is 4. The van der Waals surface area contributed by atoms with Crippen LogP contribution in [0, 0.1) is 11.2 Å². The Morgan fingerprint density at radius 1 is 0.943 bits per heavy atom. The summed E-state index contributed by atoms with van der Waals surface area (Å²) in [5, 5.41) is 10.4. The summed E-state index contributed by atoms with van der Waals surface area (Å²) in [6.45, 7) is 2.44. The second-order valence-electron chi connectivity index (χ2n) is 7.56. The summed E-state index contributed by atoms with van der Waals surface area (Å²) in [6, 6.07) is 15.8. The van der Waals surface area contributed by atoms with Crippen molar-refractivity contribution in [1.29, 1.82) is 5.41 Å². The van der Waals surface area contributed by atoms with Crippen molar-refractivity contribution in [2.45, 2.75) is 0 Å². The molecule has 0 atom stereocenters. The molecule has 3 aromatic heterocycles. The Morgan fingerprint density at radius 3 is 2.37 bits per heavy atom. The molecule has 0 aliphatic carbocycles. The Hall–Kier alpha value is -4.44. The Bertz CT molecular complexity index is 1230. The standard InChI is InChI=1S/C17H14N4.C8H11FN4O/c18-10-16-7-8-17(12-20-16)21-15-5-3-13(4-6-15)14-2-1-9-19-11-14;9-6-5-11-8(10)12-7(6)13-1-3-14-4-2-13/h1-12,18,21H;5H,1-4H2,(H2,10,11,12). The smallest absolute Gasteiger partial charge is 0.222 e. The largest absolute Gasteiger partial charge is 0.378 e. The molecule has 0 radical (unpaired) electrons. The van der Waals surface area contributed by atoms with Crippen LogP contribution in [0.3, 0.4) is 0 Å². The minimum atomic E-state index is -0.443. The molecule has 1 aromatic carbocycles. The number of nitrogens with zero attached hydrogens (tertiary/aromatic N) is 5. The molecule has 35 heavy (non-hydrogen) atoms. The quantitative estimate of drug-likeness (QED) is 0.373. The van der Waals surface area contributed by atoms with Crippen LogP contribution in [0.15, 0.2) is 73.3 Å². The maximum Gasteiger partial charge on any atom is 0.222 e. The lowest BCUT2D eigenvalue weighted by molar-refractivity contribution is 0.122. The fraction of sp³-hybridized carbons (Fsp3) is 0.160. The number of morpholine rings is 1. The maximum atomic E-state index is 13.3. The summed E-state index contributed by atoms with van der Waals surface area (Å²) in [7, 11) is 0. The summed E-state index contributed by atoms with van der Waals surface area (Å²) in [5.41, 5.74) is 10.2. The highest BCUT2D eigenvalue weighted by atomic mass is 19.1. The van der Waals surface area contributed by atoms with Crippen molar-refractivity contribution in [2.75, 3.05) is 42.3 Å². The van der Waals surface area contributed by atoms with Crippen molar-refractivity contribution in [3.05, 3.63) is 84.8 Å². The van der Waals surface area contributed by atoms with E-state index in [-0.39, 0.29) is 11.8 Å². The summed E-state index contributed by atoms with van der Waals surface area (Å²) in [6.07, 6.45) is 7.65. The van der Waals surface area contributed by atoms with E-state index in [1.165, 1.54) is 6.21 Å². The number of nitrogens with one attached hydrogen (secondary N) is 2. The number of anilines is 4. The van der Waals surface area contributed by atoms with Gasteiger partial charge in [0.25, 0.3) is 0 Å². The van der Waals surface area contributed by atoms with Gasteiger partial charge in [0.15, 0.2) is 11.6 Å². The number of benzene rings is 1. The Labute approximate surface area is 202 Å². The van der Waals surface area contributed by atoms with E-state index in [2.05, 4.69) is 37.4 Å². The highest BCUT2D eigenvalue weighted by Gasteiger charge is 2.16. The lowest BCUT2D eigenvalue weighted by atomic mass is 10.1. The van der Waals surface area contributed by atoms with Gasteiger partial charge in [-0.05, 0) is 41.5 Å². The van der Waals surface area contributed by atoms with Crippen LogP contribution in [0.1, 0.15) is 5.69 Å². The van der Waals surface area contributed by atoms with Gasteiger partial charge >= 0.3 is 0 Å². The predicted octanol–water partition coefficient (Wildman–Crippen LogP) is 3.92. The van der Waals surface area contributed by atoms with E-state index in [1.807, 2.05) is 36.5 Å². The van der Waals surface area contributed by atoms with E-state index in [0.717, 1.165) is 28.7 Å². The molecule has 0 amide bonds. The number of hydrogen-bond acceptors (Lipinski definition) is 9. The zero-order chi connectivity index (χ0) is 24.5. The molecule has 5 rings (SSSR count). The molecule has 1 fully saturated rings. The third-order valence-electron chi connectivity index (χ3n) is 5.16. The van der Waals surface area contributed by atoms with Gasteiger partial charge in [0.05, 0.1) is 37.0 Å². The van der Waals surface area contributed by atoms with Gasteiger partial charge < -0.3 is 26.1 Å². The molecule has 1 aliphatic rings. The first-order valence-electron chi connectivity index (χ1n) is 11.0. The molecule has 0 unspecified atom stereocenters. The van der Waals surface area contributed by atoms with Crippen LogP contribution in [0.5, 0.6) is 0 Å². The highest BCUT2D eigenvalue weighted by molar-refractivity contribution is 5.75. The Morgan fingerprint density at radius 2 is 1.71 bits per heavy atom. The number of nitrogens with two attached hydrogens (primary N) is 1. The molecular formula is C25H25FN8O. The normalized spacial score (nSPS) is 12.9. The van der Waals surface area contributed by atoms with Crippen molar-refractivity contribution in [2.24, 2.45) is 0 Å². The Balaban J connectivity index is 0.000000179. The lowest BCUT2D eigenvalue weighted by Gasteiger charge is -2.27. The van der Waals surface area contributed by atoms with Crippen LogP contribution in [0.2, 0.25) is 0 Å². The van der Waals surface area contributed by atoms with E-state index in [9.17, 15) is 4.39 Å². The van der Waals surface area contributed by atoms with Gasteiger partial charge in [0, 0.05) is 37.4 Å². The van der Waals surface area contributed by atoms with Crippen molar-refractivity contribution in [1.82, 2.24) is 19.9 Å². The van der Waals surface area contributed by atoms with Gasteiger partial charge in [-0.1, -0.05) is 18.2 Å². The van der Waals surface area contributed by atoms with Gasteiger partial charge in [0.1, 0.15) is 0 Å². The SMILES string of the molecule is N=Cc1ccc(Nc2ccc(-c3cccnc3)cc2)cn1.Nc1ncc(F)c(N2CCOCC2)n1. The zero-order valence-corrected chi connectivity index (χ0v) is 18.9. The number of ether oxygens (including phenoxy) is 1. The van der Waals surface area contributed by atoms with Crippen LogP contribution in [0.25, 0.3) is 11.1 Å². The van der Waals surface area contributed by atoms with E-state index in [1.54, 1.807) is 23.4 Å². The number of rotatable bonds is 5. The predicted molar refractivity (Wildman–Crippen MR) is 135 cm³/mol.